The lowest BCUT2D eigenvalue weighted by Gasteiger charge is -2.28. The van der Waals surface area contributed by atoms with E-state index in [2.05, 4.69) is 0 Å². The van der Waals surface area contributed by atoms with Gasteiger partial charge in [-0.15, -0.1) is 0 Å². The van der Waals surface area contributed by atoms with Crippen LogP contribution in [0.25, 0.3) is 0 Å². The molecule has 0 heterocycles. The highest BCUT2D eigenvalue weighted by molar-refractivity contribution is 5.40. The van der Waals surface area contributed by atoms with Crippen molar-refractivity contribution >= 4 is 0 Å². The van der Waals surface area contributed by atoms with Gasteiger partial charge in [-0.3, -0.25) is 0 Å². The van der Waals surface area contributed by atoms with Crippen LogP contribution < -0.4 is 4.74 Å². The van der Waals surface area contributed by atoms with Crippen molar-refractivity contribution in [3.8, 4) is 5.75 Å². The molecule has 1 unspecified atom stereocenters. The fraction of sp³-hybridized carbons (Fsp3) is 0.294. The molecule has 1 atom stereocenters. The number of aliphatic hydroxyl groups is 1. The molecule has 2 nitrogen and oxygen atoms in total. The molecule has 0 spiro atoms. The predicted molar refractivity (Wildman–Crippen MR) is 77.3 cm³/mol. The van der Waals surface area contributed by atoms with Gasteiger partial charge >= 0.3 is 0 Å². The van der Waals surface area contributed by atoms with Gasteiger partial charge in [0.2, 0.25) is 0 Å². The number of ether oxygens (including phenoxy) is 1. The average molecular weight is 274 g/mol. The van der Waals surface area contributed by atoms with Crippen molar-refractivity contribution in [2.45, 2.75) is 25.9 Å². The van der Waals surface area contributed by atoms with Gasteiger partial charge in [0.1, 0.15) is 17.2 Å². The Morgan fingerprint density at radius 2 is 1.85 bits per heavy atom. The monoisotopic (exact) mass is 274 g/mol. The van der Waals surface area contributed by atoms with Gasteiger partial charge in [0.05, 0.1) is 6.61 Å². The number of rotatable bonds is 5. The highest BCUT2D eigenvalue weighted by Gasteiger charge is 2.32. The Hall–Kier alpha value is -1.87. The summed E-state index contributed by atoms with van der Waals surface area (Å²) in [7, 11) is 0. The Morgan fingerprint density at radius 3 is 2.50 bits per heavy atom. The third-order valence-electron chi connectivity index (χ3n) is 3.45. The number of benzene rings is 2. The van der Waals surface area contributed by atoms with Crippen molar-refractivity contribution in [2.24, 2.45) is 0 Å². The summed E-state index contributed by atoms with van der Waals surface area (Å²) < 4.78 is 19.5. The van der Waals surface area contributed by atoms with Gasteiger partial charge in [-0.25, -0.2) is 4.39 Å². The van der Waals surface area contributed by atoms with Crippen LogP contribution in [0.3, 0.4) is 0 Å². The van der Waals surface area contributed by atoms with Gasteiger partial charge in [0.15, 0.2) is 0 Å². The maximum atomic E-state index is 14.0. The SMILES string of the molecule is CCOc1cccc(C(O)(CC)c2ccccc2F)c1. The van der Waals surface area contributed by atoms with Crippen LogP contribution in [0.5, 0.6) is 5.75 Å². The first-order valence-corrected chi connectivity index (χ1v) is 6.82. The first-order chi connectivity index (χ1) is 9.61. The van der Waals surface area contributed by atoms with Crippen LogP contribution in [0, 0.1) is 5.82 Å². The number of halogens is 1. The molecule has 2 aromatic carbocycles. The maximum Gasteiger partial charge on any atom is 0.129 e. The average Bonchev–Trinajstić information content (AvgIpc) is 2.47. The summed E-state index contributed by atoms with van der Waals surface area (Å²) in [5.74, 6) is 0.270. The smallest absolute Gasteiger partial charge is 0.129 e. The van der Waals surface area contributed by atoms with Gasteiger partial charge < -0.3 is 9.84 Å². The van der Waals surface area contributed by atoms with E-state index < -0.39 is 11.4 Å². The van der Waals surface area contributed by atoms with E-state index in [0.717, 1.165) is 0 Å². The van der Waals surface area contributed by atoms with Crippen LogP contribution in [0.1, 0.15) is 31.4 Å². The van der Waals surface area contributed by atoms with Crippen LogP contribution >= 0.6 is 0 Å². The first kappa shape index (κ1) is 14.5. The second-order valence-electron chi connectivity index (χ2n) is 4.65. The second-order valence-corrected chi connectivity index (χ2v) is 4.65. The summed E-state index contributed by atoms with van der Waals surface area (Å²) in [6, 6.07) is 13.5. The minimum absolute atomic E-state index is 0.288. The molecule has 0 aliphatic carbocycles. The minimum atomic E-state index is -1.35. The summed E-state index contributed by atoms with van der Waals surface area (Å²) in [6.45, 7) is 4.28. The van der Waals surface area contributed by atoms with Crippen LogP contribution in [-0.2, 0) is 5.60 Å². The molecule has 2 aromatic rings. The lowest BCUT2D eigenvalue weighted by molar-refractivity contribution is 0.0722. The molecule has 0 radical (unpaired) electrons. The van der Waals surface area contributed by atoms with Gasteiger partial charge in [0.25, 0.3) is 0 Å². The molecule has 20 heavy (non-hydrogen) atoms. The Bertz CT molecular complexity index is 583. The topological polar surface area (TPSA) is 29.5 Å². The molecule has 0 aliphatic rings. The number of hydrogen-bond donors (Lipinski definition) is 1. The molecule has 0 bridgehead atoms. The van der Waals surface area contributed by atoms with Gasteiger partial charge in [-0.1, -0.05) is 37.3 Å². The van der Waals surface area contributed by atoms with Crippen molar-refractivity contribution in [1.82, 2.24) is 0 Å². The summed E-state index contributed by atoms with van der Waals surface area (Å²) >= 11 is 0. The molecule has 106 valence electrons. The largest absolute Gasteiger partial charge is 0.494 e. The zero-order valence-corrected chi connectivity index (χ0v) is 11.8. The molecule has 0 amide bonds. The van der Waals surface area contributed by atoms with Crippen molar-refractivity contribution in [1.29, 1.82) is 0 Å². The quantitative estimate of drug-likeness (QED) is 0.896. The van der Waals surface area contributed by atoms with Gasteiger partial charge in [-0.05, 0) is 37.1 Å². The van der Waals surface area contributed by atoms with E-state index >= 15 is 0 Å². The Morgan fingerprint density at radius 1 is 1.10 bits per heavy atom. The number of hydrogen-bond acceptors (Lipinski definition) is 2. The lowest BCUT2D eigenvalue weighted by atomic mass is 9.84. The molecule has 1 N–H and O–H groups in total. The van der Waals surface area contributed by atoms with E-state index in [1.54, 1.807) is 30.3 Å². The van der Waals surface area contributed by atoms with E-state index in [1.165, 1.54) is 6.07 Å². The highest BCUT2D eigenvalue weighted by Crippen LogP contribution is 2.35. The van der Waals surface area contributed by atoms with Gasteiger partial charge in [0, 0.05) is 5.56 Å². The third kappa shape index (κ3) is 2.68. The molecule has 0 saturated carbocycles. The van der Waals surface area contributed by atoms with E-state index in [-0.39, 0.29) is 5.56 Å². The Balaban J connectivity index is 2.50. The van der Waals surface area contributed by atoms with Crippen LogP contribution in [-0.4, -0.2) is 11.7 Å². The van der Waals surface area contributed by atoms with Crippen molar-refractivity contribution < 1.29 is 14.2 Å². The van der Waals surface area contributed by atoms with E-state index in [0.29, 0.717) is 24.3 Å². The lowest BCUT2D eigenvalue weighted by Crippen LogP contribution is -2.27. The fourth-order valence-electron chi connectivity index (χ4n) is 2.36. The molecule has 0 aliphatic heterocycles. The van der Waals surface area contributed by atoms with Crippen molar-refractivity contribution in [2.75, 3.05) is 6.61 Å². The van der Waals surface area contributed by atoms with E-state index in [1.807, 2.05) is 26.0 Å². The Kier molecular flexibility index (Phi) is 4.40. The minimum Gasteiger partial charge on any atom is -0.494 e. The molecule has 0 saturated heterocycles. The highest BCUT2D eigenvalue weighted by atomic mass is 19.1. The van der Waals surface area contributed by atoms with Crippen molar-refractivity contribution in [3.63, 3.8) is 0 Å². The summed E-state index contributed by atoms with van der Waals surface area (Å²) in [4.78, 5) is 0. The Labute approximate surface area is 118 Å². The molecule has 0 fully saturated rings. The fourth-order valence-corrected chi connectivity index (χ4v) is 2.36. The van der Waals surface area contributed by atoms with Crippen molar-refractivity contribution in [3.05, 3.63) is 65.5 Å². The van der Waals surface area contributed by atoms with Crippen LogP contribution in [0.15, 0.2) is 48.5 Å². The maximum absolute atomic E-state index is 14.0. The first-order valence-electron chi connectivity index (χ1n) is 6.82. The molecule has 2 rings (SSSR count). The van der Waals surface area contributed by atoms with Gasteiger partial charge in [-0.2, -0.15) is 0 Å². The molecular weight excluding hydrogens is 255 g/mol. The zero-order valence-electron chi connectivity index (χ0n) is 11.8. The van der Waals surface area contributed by atoms with Crippen LogP contribution in [0.2, 0.25) is 0 Å². The standard InChI is InChI=1S/C17H19FO2/c1-3-17(19,15-10-5-6-11-16(15)18)13-8-7-9-14(12-13)20-4-2/h5-12,19H,3-4H2,1-2H3. The zero-order chi connectivity index (χ0) is 14.6. The molecule has 3 heteroatoms. The molecular formula is C17H19FO2. The predicted octanol–water partition coefficient (Wildman–Crippen LogP) is 3.87. The summed E-state index contributed by atoms with van der Waals surface area (Å²) in [6.07, 6.45) is 0.378. The van der Waals surface area contributed by atoms with E-state index in [9.17, 15) is 9.50 Å². The summed E-state index contributed by atoms with van der Waals surface area (Å²) in [5, 5.41) is 10.9. The summed E-state index contributed by atoms with van der Waals surface area (Å²) in [5.41, 5.74) is -0.425. The normalized spacial score (nSPS) is 13.8. The molecule has 0 aromatic heterocycles. The van der Waals surface area contributed by atoms with E-state index in [4.69, 9.17) is 4.74 Å². The second kappa shape index (κ2) is 6.06. The third-order valence-corrected chi connectivity index (χ3v) is 3.45. The van der Waals surface area contributed by atoms with Crippen LogP contribution in [0.4, 0.5) is 4.39 Å².